The van der Waals surface area contributed by atoms with Gasteiger partial charge in [0.05, 0.1) is 18.2 Å². The zero-order chi connectivity index (χ0) is 20.5. The Morgan fingerprint density at radius 2 is 1.59 bits per heavy atom. The summed E-state index contributed by atoms with van der Waals surface area (Å²) in [5.41, 5.74) is 0.566. The number of anilines is 1. The van der Waals surface area contributed by atoms with Gasteiger partial charge in [-0.1, -0.05) is 18.5 Å². The van der Waals surface area contributed by atoms with E-state index in [2.05, 4.69) is 11.8 Å². The highest BCUT2D eigenvalue weighted by molar-refractivity contribution is 6.30. The smallest absolute Gasteiger partial charge is 0.251 e. The van der Waals surface area contributed by atoms with Crippen LogP contribution < -0.4 is 4.90 Å². The van der Waals surface area contributed by atoms with E-state index in [1.165, 1.54) is 4.90 Å². The van der Waals surface area contributed by atoms with Crippen LogP contribution in [0.5, 0.6) is 0 Å². The van der Waals surface area contributed by atoms with E-state index >= 15 is 0 Å². The van der Waals surface area contributed by atoms with E-state index < -0.39 is 6.04 Å². The molecular weight excluding hydrogens is 390 g/mol. The Morgan fingerprint density at radius 3 is 2.21 bits per heavy atom. The van der Waals surface area contributed by atoms with Crippen LogP contribution in [0.25, 0.3) is 0 Å². The molecule has 7 heteroatoms. The van der Waals surface area contributed by atoms with Gasteiger partial charge in [-0.2, -0.15) is 0 Å². The molecule has 3 amide bonds. The molecule has 0 saturated carbocycles. The maximum absolute atomic E-state index is 12.9. The molecule has 3 aliphatic heterocycles. The number of carbonyl (C=O) groups is 3. The molecule has 0 aromatic heterocycles. The largest absolute Gasteiger partial charge is 0.342 e. The van der Waals surface area contributed by atoms with Gasteiger partial charge in [0, 0.05) is 24.0 Å². The maximum Gasteiger partial charge on any atom is 0.251 e. The normalized spacial score (nSPS) is 25.1. The van der Waals surface area contributed by atoms with E-state index in [4.69, 9.17) is 11.6 Å². The standard InChI is InChI=1S/C22H28ClN3O3/c1-15-6-10-25(11-7-15)21(28)16-8-12-24(13-9-16)19-14-20(27)26(22(19)29)18-4-2-17(23)3-5-18/h2-5,15-16,19H,6-14H2,1H3. The number of halogens is 1. The van der Waals surface area contributed by atoms with Crippen molar-refractivity contribution in [1.29, 1.82) is 0 Å². The first-order chi connectivity index (χ1) is 13.9. The molecule has 0 N–H and O–H groups in total. The van der Waals surface area contributed by atoms with Crippen molar-refractivity contribution in [2.45, 2.75) is 45.1 Å². The monoisotopic (exact) mass is 417 g/mol. The average Bonchev–Trinajstić information content (AvgIpc) is 3.03. The lowest BCUT2D eigenvalue weighted by Crippen LogP contribution is -2.49. The summed E-state index contributed by atoms with van der Waals surface area (Å²) in [4.78, 5) is 43.7. The number of benzene rings is 1. The lowest BCUT2D eigenvalue weighted by molar-refractivity contribution is -0.138. The average molecular weight is 418 g/mol. The third-order valence-corrected chi connectivity index (χ3v) is 6.87. The van der Waals surface area contributed by atoms with Gasteiger partial charge in [0.15, 0.2) is 0 Å². The van der Waals surface area contributed by atoms with Gasteiger partial charge in [-0.15, -0.1) is 0 Å². The number of hydrogen-bond donors (Lipinski definition) is 0. The van der Waals surface area contributed by atoms with Crippen molar-refractivity contribution in [3.63, 3.8) is 0 Å². The highest BCUT2D eigenvalue weighted by Crippen LogP contribution is 2.30. The molecule has 6 nitrogen and oxygen atoms in total. The summed E-state index contributed by atoms with van der Waals surface area (Å²) in [5, 5.41) is 0.569. The Labute approximate surface area is 176 Å². The van der Waals surface area contributed by atoms with E-state index in [-0.39, 0.29) is 30.1 Å². The van der Waals surface area contributed by atoms with Gasteiger partial charge in [0.2, 0.25) is 11.8 Å². The zero-order valence-corrected chi connectivity index (χ0v) is 17.6. The number of rotatable bonds is 3. The second kappa shape index (κ2) is 8.44. The summed E-state index contributed by atoms with van der Waals surface area (Å²) in [7, 11) is 0. The molecule has 0 aliphatic carbocycles. The highest BCUT2D eigenvalue weighted by Gasteiger charge is 2.44. The summed E-state index contributed by atoms with van der Waals surface area (Å²) in [6.45, 7) is 5.34. The molecule has 3 fully saturated rings. The van der Waals surface area contributed by atoms with Crippen molar-refractivity contribution in [2.75, 3.05) is 31.1 Å². The van der Waals surface area contributed by atoms with E-state index in [1.54, 1.807) is 24.3 Å². The molecular formula is C22H28ClN3O3. The van der Waals surface area contributed by atoms with Crippen LogP contribution in [0.4, 0.5) is 5.69 Å². The number of carbonyl (C=O) groups excluding carboxylic acids is 3. The fourth-order valence-electron chi connectivity index (χ4n) is 4.71. The quantitative estimate of drug-likeness (QED) is 0.709. The molecule has 3 saturated heterocycles. The minimum absolute atomic E-state index is 0.0410. The van der Waals surface area contributed by atoms with Crippen molar-refractivity contribution < 1.29 is 14.4 Å². The van der Waals surface area contributed by atoms with Crippen LogP contribution in [-0.2, 0) is 14.4 Å². The van der Waals surface area contributed by atoms with Gasteiger partial charge in [-0.25, -0.2) is 4.90 Å². The van der Waals surface area contributed by atoms with Gasteiger partial charge in [-0.05, 0) is 69.0 Å². The second-order valence-corrected chi connectivity index (χ2v) is 9.02. The molecule has 0 radical (unpaired) electrons. The van der Waals surface area contributed by atoms with Crippen molar-refractivity contribution in [3.05, 3.63) is 29.3 Å². The molecule has 1 atom stereocenters. The number of piperidine rings is 2. The van der Waals surface area contributed by atoms with E-state index in [0.29, 0.717) is 29.7 Å². The number of likely N-dealkylation sites (tertiary alicyclic amines) is 2. The molecule has 1 unspecified atom stereocenters. The van der Waals surface area contributed by atoms with E-state index in [9.17, 15) is 14.4 Å². The topological polar surface area (TPSA) is 60.9 Å². The summed E-state index contributed by atoms with van der Waals surface area (Å²) in [6.07, 6.45) is 3.88. The Kier molecular flexibility index (Phi) is 5.93. The Balaban J connectivity index is 1.35. The van der Waals surface area contributed by atoms with Gasteiger partial charge in [0.1, 0.15) is 0 Å². The van der Waals surface area contributed by atoms with Gasteiger partial charge >= 0.3 is 0 Å². The number of imide groups is 1. The predicted octanol–water partition coefficient (Wildman–Crippen LogP) is 2.94. The maximum atomic E-state index is 12.9. The molecule has 4 rings (SSSR count). The van der Waals surface area contributed by atoms with Crippen LogP contribution in [0.15, 0.2) is 24.3 Å². The Hall–Kier alpha value is -1.92. The lowest BCUT2D eigenvalue weighted by atomic mass is 9.92. The predicted molar refractivity (Wildman–Crippen MR) is 112 cm³/mol. The van der Waals surface area contributed by atoms with Crippen LogP contribution in [-0.4, -0.2) is 59.7 Å². The lowest BCUT2D eigenvalue weighted by Gasteiger charge is -2.38. The molecule has 1 aromatic carbocycles. The van der Waals surface area contributed by atoms with Gasteiger partial charge < -0.3 is 4.90 Å². The zero-order valence-electron chi connectivity index (χ0n) is 16.8. The Bertz CT molecular complexity index is 781. The first-order valence-electron chi connectivity index (χ1n) is 10.6. The highest BCUT2D eigenvalue weighted by atomic mass is 35.5. The van der Waals surface area contributed by atoms with Crippen molar-refractivity contribution in [2.24, 2.45) is 11.8 Å². The van der Waals surface area contributed by atoms with Gasteiger partial charge in [0.25, 0.3) is 5.91 Å². The molecule has 156 valence electrons. The van der Waals surface area contributed by atoms with Crippen molar-refractivity contribution in [1.82, 2.24) is 9.80 Å². The Morgan fingerprint density at radius 1 is 0.966 bits per heavy atom. The molecule has 1 aromatic rings. The minimum atomic E-state index is -0.426. The van der Waals surface area contributed by atoms with Crippen LogP contribution >= 0.6 is 11.6 Å². The minimum Gasteiger partial charge on any atom is -0.342 e. The van der Waals surface area contributed by atoms with Crippen LogP contribution in [0.3, 0.4) is 0 Å². The molecule has 0 spiro atoms. The van der Waals surface area contributed by atoms with E-state index in [0.717, 1.165) is 38.8 Å². The second-order valence-electron chi connectivity index (χ2n) is 8.58. The fourth-order valence-corrected chi connectivity index (χ4v) is 4.83. The molecule has 29 heavy (non-hydrogen) atoms. The number of nitrogens with zero attached hydrogens (tertiary/aromatic N) is 3. The van der Waals surface area contributed by atoms with Crippen LogP contribution in [0, 0.1) is 11.8 Å². The first kappa shape index (κ1) is 20.4. The van der Waals surface area contributed by atoms with Crippen LogP contribution in [0.1, 0.15) is 39.0 Å². The third kappa shape index (κ3) is 4.19. The van der Waals surface area contributed by atoms with Crippen molar-refractivity contribution in [3.8, 4) is 0 Å². The van der Waals surface area contributed by atoms with Crippen LogP contribution in [0.2, 0.25) is 5.02 Å². The fraction of sp³-hybridized carbons (Fsp3) is 0.591. The molecule has 3 heterocycles. The summed E-state index contributed by atoms with van der Waals surface area (Å²) in [5.74, 6) is 0.665. The summed E-state index contributed by atoms with van der Waals surface area (Å²) in [6, 6.07) is 6.34. The summed E-state index contributed by atoms with van der Waals surface area (Å²) < 4.78 is 0. The summed E-state index contributed by atoms with van der Waals surface area (Å²) >= 11 is 5.92. The molecule has 3 aliphatic rings. The number of amides is 3. The van der Waals surface area contributed by atoms with E-state index in [1.807, 2.05) is 4.90 Å². The third-order valence-electron chi connectivity index (χ3n) is 6.62. The SMILES string of the molecule is CC1CCN(C(=O)C2CCN(C3CC(=O)N(c4ccc(Cl)cc4)C3=O)CC2)CC1. The number of hydrogen-bond acceptors (Lipinski definition) is 4. The first-order valence-corrected chi connectivity index (χ1v) is 11.0. The molecule has 0 bridgehead atoms. The van der Waals surface area contributed by atoms with Crippen molar-refractivity contribution >= 4 is 35.0 Å². The van der Waals surface area contributed by atoms with Gasteiger partial charge in [-0.3, -0.25) is 19.3 Å².